The van der Waals surface area contributed by atoms with Crippen LogP contribution in [-0.2, 0) is 0 Å². The number of hydrogen-bond donors (Lipinski definition) is 0. The van der Waals surface area contributed by atoms with Crippen molar-refractivity contribution >= 4 is 45.8 Å². The molecule has 2 amide bonds. The molecule has 164 valence electrons. The maximum absolute atomic E-state index is 13.1. The van der Waals surface area contributed by atoms with Gasteiger partial charge >= 0.3 is 0 Å². The van der Waals surface area contributed by atoms with E-state index in [0.29, 0.717) is 36.8 Å². The number of amides is 2. The highest BCUT2D eigenvalue weighted by molar-refractivity contribution is 7.13. The van der Waals surface area contributed by atoms with E-state index in [-0.39, 0.29) is 30.0 Å². The number of carbonyl (C=O) groups excluding carboxylic acids is 2. The molecule has 1 saturated heterocycles. The first kappa shape index (κ1) is 23.2. The van der Waals surface area contributed by atoms with E-state index in [2.05, 4.69) is 4.37 Å². The van der Waals surface area contributed by atoms with Crippen molar-refractivity contribution in [2.24, 2.45) is 5.92 Å². The van der Waals surface area contributed by atoms with Crippen LogP contribution in [0.1, 0.15) is 40.1 Å². The van der Waals surface area contributed by atoms with Gasteiger partial charge in [-0.3, -0.25) is 9.59 Å². The predicted molar refractivity (Wildman–Crippen MR) is 123 cm³/mol. The molecule has 0 bridgehead atoms. The molecule has 5 nitrogen and oxygen atoms in total. The molecular formula is C23H25ClFN3O2S. The predicted octanol–water partition coefficient (Wildman–Crippen LogP) is 4.87. The van der Waals surface area contributed by atoms with E-state index in [1.807, 2.05) is 36.2 Å². The summed E-state index contributed by atoms with van der Waals surface area (Å²) >= 11 is 1.35. The number of nitrogens with zero attached hydrogens (tertiary/aromatic N) is 3. The number of likely N-dealkylation sites (tertiary alicyclic amines) is 1. The average molecular weight is 462 g/mol. The summed E-state index contributed by atoms with van der Waals surface area (Å²) in [6, 6.07) is 13.5. The molecule has 8 heteroatoms. The van der Waals surface area contributed by atoms with Gasteiger partial charge in [0.1, 0.15) is 11.5 Å². The lowest BCUT2D eigenvalue weighted by molar-refractivity contribution is 0.0676. The second kappa shape index (κ2) is 10.2. The van der Waals surface area contributed by atoms with Gasteiger partial charge in [-0.25, -0.2) is 4.39 Å². The zero-order valence-corrected chi connectivity index (χ0v) is 18.9. The monoisotopic (exact) mass is 461 g/mol. The minimum absolute atomic E-state index is 0. The molecule has 0 aliphatic carbocycles. The Bertz CT molecular complexity index is 1050. The molecule has 1 aromatic heterocycles. The number of hydrogen-bond acceptors (Lipinski definition) is 4. The van der Waals surface area contributed by atoms with Gasteiger partial charge in [0.15, 0.2) is 0 Å². The standard InChI is InChI=1S/C23H24FN3O2S.ClH/c1-26(23(29)21-19-4-2-3-5-20(19)30-25-21)13-10-16-11-14-27(15-12-16)22(28)17-6-8-18(24)9-7-17;/h2-9,16H,10-15H2,1H3;1H. The van der Waals surface area contributed by atoms with E-state index >= 15 is 0 Å². The van der Waals surface area contributed by atoms with Crippen molar-refractivity contribution in [3.63, 3.8) is 0 Å². The lowest BCUT2D eigenvalue weighted by atomic mass is 9.93. The Balaban J connectivity index is 0.00000272. The molecule has 0 spiro atoms. The summed E-state index contributed by atoms with van der Waals surface area (Å²) in [5.74, 6) is 0.0480. The first-order valence-electron chi connectivity index (χ1n) is 10.2. The van der Waals surface area contributed by atoms with E-state index in [1.165, 1.54) is 35.8 Å². The van der Waals surface area contributed by atoms with Crippen LogP contribution in [-0.4, -0.2) is 52.7 Å². The van der Waals surface area contributed by atoms with Crippen LogP contribution in [0.25, 0.3) is 10.1 Å². The summed E-state index contributed by atoms with van der Waals surface area (Å²) in [6.45, 7) is 2.05. The first-order valence-corrected chi connectivity index (χ1v) is 10.9. The fourth-order valence-electron chi connectivity index (χ4n) is 3.90. The summed E-state index contributed by atoms with van der Waals surface area (Å²) in [5, 5.41) is 0.909. The third-order valence-electron chi connectivity index (χ3n) is 5.79. The number of rotatable bonds is 5. The van der Waals surface area contributed by atoms with Gasteiger partial charge in [-0.15, -0.1) is 12.4 Å². The van der Waals surface area contributed by atoms with E-state index < -0.39 is 0 Å². The van der Waals surface area contributed by atoms with Crippen LogP contribution in [0.2, 0.25) is 0 Å². The molecule has 2 aromatic carbocycles. The maximum Gasteiger partial charge on any atom is 0.273 e. The molecule has 3 aromatic rings. The Morgan fingerprint density at radius 1 is 1.13 bits per heavy atom. The van der Waals surface area contributed by atoms with Gasteiger partial charge in [-0.05, 0) is 67.0 Å². The third-order valence-corrected chi connectivity index (χ3v) is 6.62. The molecule has 2 heterocycles. The van der Waals surface area contributed by atoms with Crippen LogP contribution in [0.3, 0.4) is 0 Å². The lowest BCUT2D eigenvalue weighted by Crippen LogP contribution is -2.39. The molecule has 4 rings (SSSR count). The number of fused-ring (bicyclic) bond motifs is 1. The molecule has 0 N–H and O–H groups in total. The number of benzene rings is 2. The SMILES string of the molecule is CN(CCC1CCN(C(=O)c2ccc(F)cc2)CC1)C(=O)c1nsc2ccccc12.Cl. The fraction of sp³-hybridized carbons (Fsp3) is 0.348. The van der Waals surface area contributed by atoms with E-state index in [0.717, 1.165) is 29.3 Å². The van der Waals surface area contributed by atoms with Crippen molar-refractivity contribution in [3.8, 4) is 0 Å². The molecule has 0 atom stereocenters. The largest absolute Gasteiger partial charge is 0.340 e. The van der Waals surface area contributed by atoms with E-state index in [4.69, 9.17) is 0 Å². The molecule has 0 saturated carbocycles. The number of piperidine rings is 1. The Morgan fingerprint density at radius 2 is 1.81 bits per heavy atom. The molecule has 1 aliphatic rings. The van der Waals surface area contributed by atoms with Crippen LogP contribution in [0.15, 0.2) is 48.5 Å². The van der Waals surface area contributed by atoms with Crippen LogP contribution < -0.4 is 0 Å². The topological polar surface area (TPSA) is 53.5 Å². The van der Waals surface area contributed by atoms with Crippen molar-refractivity contribution in [2.45, 2.75) is 19.3 Å². The van der Waals surface area contributed by atoms with Crippen molar-refractivity contribution in [2.75, 3.05) is 26.7 Å². The molecule has 0 radical (unpaired) electrons. The normalized spacial score (nSPS) is 14.3. The van der Waals surface area contributed by atoms with E-state index in [1.54, 1.807) is 4.90 Å². The van der Waals surface area contributed by atoms with Crippen molar-refractivity contribution in [1.29, 1.82) is 0 Å². The van der Waals surface area contributed by atoms with Gasteiger partial charge < -0.3 is 9.80 Å². The summed E-state index contributed by atoms with van der Waals surface area (Å²) in [7, 11) is 1.82. The molecular weight excluding hydrogens is 437 g/mol. The zero-order chi connectivity index (χ0) is 21.1. The summed E-state index contributed by atoms with van der Waals surface area (Å²) in [5.41, 5.74) is 1.05. The quantitative estimate of drug-likeness (QED) is 0.544. The van der Waals surface area contributed by atoms with Crippen molar-refractivity contribution < 1.29 is 14.0 Å². The maximum atomic E-state index is 13.1. The fourth-order valence-corrected chi connectivity index (χ4v) is 4.67. The van der Waals surface area contributed by atoms with Crippen LogP contribution in [0.5, 0.6) is 0 Å². The molecule has 1 aliphatic heterocycles. The summed E-state index contributed by atoms with van der Waals surface area (Å²) in [6.07, 6.45) is 2.73. The number of carbonyl (C=O) groups is 2. The Labute approximate surface area is 191 Å². The van der Waals surface area contributed by atoms with Gasteiger partial charge in [-0.2, -0.15) is 4.37 Å². The highest BCUT2D eigenvalue weighted by Gasteiger charge is 2.25. The Hall–Kier alpha value is -2.51. The van der Waals surface area contributed by atoms with Crippen LogP contribution in [0.4, 0.5) is 4.39 Å². The Kier molecular flexibility index (Phi) is 7.62. The summed E-state index contributed by atoms with van der Waals surface area (Å²) in [4.78, 5) is 28.9. The minimum atomic E-state index is -0.338. The zero-order valence-electron chi connectivity index (χ0n) is 17.3. The van der Waals surface area contributed by atoms with E-state index in [9.17, 15) is 14.0 Å². The van der Waals surface area contributed by atoms with Crippen LogP contribution in [0, 0.1) is 11.7 Å². The van der Waals surface area contributed by atoms with Gasteiger partial charge in [0.2, 0.25) is 0 Å². The second-order valence-corrected chi connectivity index (χ2v) is 8.59. The minimum Gasteiger partial charge on any atom is -0.340 e. The molecule has 0 unspecified atom stereocenters. The number of halogens is 2. The van der Waals surface area contributed by atoms with Gasteiger partial charge in [0.25, 0.3) is 11.8 Å². The molecule has 31 heavy (non-hydrogen) atoms. The highest BCUT2D eigenvalue weighted by atomic mass is 35.5. The van der Waals surface area contributed by atoms with Gasteiger partial charge in [0, 0.05) is 37.6 Å². The number of aromatic nitrogens is 1. The molecule has 1 fully saturated rings. The van der Waals surface area contributed by atoms with Crippen molar-refractivity contribution in [1.82, 2.24) is 14.2 Å². The summed E-state index contributed by atoms with van der Waals surface area (Å²) < 4.78 is 18.4. The van der Waals surface area contributed by atoms with Gasteiger partial charge in [-0.1, -0.05) is 18.2 Å². The van der Waals surface area contributed by atoms with Crippen molar-refractivity contribution in [3.05, 3.63) is 65.6 Å². The highest BCUT2D eigenvalue weighted by Crippen LogP contribution is 2.25. The average Bonchev–Trinajstić information content (AvgIpc) is 3.21. The third kappa shape index (κ3) is 5.22. The van der Waals surface area contributed by atoms with Gasteiger partial charge in [0.05, 0.1) is 4.70 Å². The smallest absolute Gasteiger partial charge is 0.273 e. The second-order valence-electron chi connectivity index (χ2n) is 7.79. The first-order chi connectivity index (χ1) is 14.5. The Morgan fingerprint density at radius 3 is 2.52 bits per heavy atom. The van der Waals surface area contributed by atoms with Crippen LogP contribution >= 0.6 is 23.9 Å². The lowest BCUT2D eigenvalue weighted by Gasteiger charge is -2.32.